The molecule has 1 amide bonds. The lowest BCUT2D eigenvalue weighted by molar-refractivity contribution is 0.102. The van der Waals surface area contributed by atoms with Gasteiger partial charge in [-0.25, -0.2) is 0 Å². The van der Waals surface area contributed by atoms with Gasteiger partial charge in [-0.3, -0.25) is 4.79 Å². The highest BCUT2D eigenvalue weighted by molar-refractivity contribution is 6.04. The second kappa shape index (κ2) is 6.88. The van der Waals surface area contributed by atoms with Crippen molar-refractivity contribution in [1.82, 2.24) is 15.4 Å². The molecule has 6 heteroatoms. The summed E-state index contributed by atoms with van der Waals surface area (Å²) in [5.74, 6) is 0.277. The van der Waals surface area contributed by atoms with E-state index in [-0.39, 0.29) is 5.91 Å². The van der Waals surface area contributed by atoms with Gasteiger partial charge in [0.2, 0.25) is 0 Å². The van der Waals surface area contributed by atoms with Gasteiger partial charge < -0.3 is 10.2 Å². The minimum Gasteiger partial charge on any atom is -0.375 e. The predicted octanol–water partition coefficient (Wildman–Crippen LogP) is 2.60. The average molecular weight is 287 g/mol. The molecule has 2 aromatic rings. The smallest absolute Gasteiger partial charge is 0.256 e. The summed E-state index contributed by atoms with van der Waals surface area (Å²) in [5, 5.41) is 13.0. The molecule has 0 spiro atoms. The number of H-pyrrole nitrogens is 1. The van der Waals surface area contributed by atoms with Gasteiger partial charge in [0.25, 0.3) is 5.91 Å². The number of nitrogens with one attached hydrogen (secondary N) is 2. The van der Waals surface area contributed by atoms with Gasteiger partial charge in [-0.15, -0.1) is 5.10 Å². The summed E-state index contributed by atoms with van der Waals surface area (Å²) in [6.07, 6.45) is 2.33. The monoisotopic (exact) mass is 287 g/mol. The molecular formula is C15H21N5O. The molecule has 0 atom stereocenters. The number of aryl methyl sites for hydroxylation is 1. The van der Waals surface area contributed by atoms with Crippen LogP contribution in [0.15, 0.2) is 24.3 Å². The van der Waals surface area contributed by atoms with Crippen molar-refractivity contribution in [3.05, 3.63) is 35.5 Å². The fourth-order valence-corrected chi connectivity index (χ4v) is 1.97. The minimum atomic E-state index is -0.185. The van der Waals surface area contributed by atoms with Crippen molar-refractivity contribution in [2.75, 3.05) is 23.8 Å². The summed E-state index contributed by atoms with van der Waals surface area (Å²) in [4.78, 5) is 14.3. The van der Waals surface area contributed by atoms with E-state index < -0.39 is 0 Å². The first-order valence-corrected chi connectivity index (χ1v) is 7.11. The van der Waals surface area contributed by atoms with Crippen molar-refractivity contribution in [3.8, 4) is 0 Å². The maximum Gasteiger partial charge on any atom is 0.256 e. The molecule has 0 bridgehead atoms. The van der Waals surface area contributed by atoms with Crippen molar-refractivity contribution >= 4 is 17.4 Å². The van der Waals surface area contributed by atoms with Crippen LogP contribution in [-0.4, -0.2) is 34.9 Å². The Morgan fingerprint density at radius 2 is 2.00 bits per heavy atom. The number of anilines is 2. The van der Waals surface area contributed by atoms with Gasteiger partial charge in [0.15, 0.2) is 5.82 Å². The molecule has 0 aliphatic carbocycles. The van der Waals surface area contributed by atoms with E-state index in [1.165, 1.54) is 6.42 Å². The van der Waals surface area contributed by atoms with Gasteiger partial charge in [-0.1, -0.05) is 13.3 Å². The number of amides is 1. The van der Waals surface area contributed by atoms with Crippen LogP contribution in [0.4, 0.5) is 11.5 Å². The molecule has 0 aliphatic heterocycles. The second-order valence-corrected chi connectivity index (χ2v) is 5.03. The molecule has 0 radical (unpaired) electrons. The highest BCUT2D eigenvalue weighted by Gasteiger charge is 2.10. The van der Waals surface area contributed by atoms with Gasteiger partial charge in [0.1, 0.15) is 5.69 Å². The van der Waals surface area contributed by atoms with E-state index in [1.54, 1.807) is 6.92 Å². The van der Waals surface area contributed by atoms with Crippen molar-refractivity contribution in [1.29, 1.82) is 0 Å². The summed E-state index contributed by atoms with van der Waals surface area (Å²) >= 11 is 0. The molecule has 1 aromatic heterocycles. The van der Waals surface area contributed by atoms with E-state index in [1.807, 2.05) is 24.3 Å². The number of carbonyl (C=O) groups excluding carboxylic acids is 1. The van der Waals surface area contributed by atoms with E-state index >= 15 is 0 Å². The zero-order chi connectivity index (χ0) is 15.2. The molecule has 0 saturated carbocycles. The third kappa shape index (κ3) is 3.81. The molecule has 6 nitrogen and oxygen atoms in total. The van der Waals surface area contributed by atoms with Gasteiger partial charge in [0, 0.05) is 24.8 Å². The van der Waals surface area contributed by atoms with Crippen LogP contribution in [0.3, 0.4) is 0 Å². The molecule has 0 aliphatic rings. The molecule has 1 heterocycles. The number of unbranched alkanes of at least 4 members (excludes halogenated alkanes) is 1. The van der Waals surface area contributed by atoms with Gasteiger partial charge in [-0.2, -0.15) is 10.3 Å². The summed E-state index contributed by atoms with van der Waals surface area (Å²) in [5.41, 5.74) is 2.38. The van der Waals surface area contributed by atoms with E-state index in [0.717, 1.165) is 18.7 Å². The lowest BCUT2D eigenvalue weighted by Crippen LogP contribution is -2.18. The molecule has 2 rings (SSSR count). The van der Waals surface area contributed by atoms with Crippen LogP contribution in [0.2, 0.25) is 0 Å². The SMILES string of the molecule is CCCCN(C)c1ccc(C(=O)Nc2n[nH]nc2C)cc1. The number of aromatic amines is 1. The lowest BCUT2D eigenvalue weighted by Gasteiger charge is -2.19. The van der Waals surface area contributed by atoms with Crippen LogP contribution in [-0.2, 0) is 0 Å². The Kier molecular flexibility index (Phi) is 4.92. The third-order valence-corrected chi connectivity index (χ3v) is 3.37. The Hall–Kier alpha value is -2.37. The Bertz CT molecular complexity index is 590. The fourth-order valence-electron chi connectivity index (χ4n) is 1.97. The molecule has 112 valence electrons. The largest absolute Gasteiger partial charge is 0.375 e. The van der Waals surface area contributed by atoms with Crippen LogP contribution in [0.1, 0.15) is 35.8 Å². The molecule has 21 heavy (non-hydrogen) atoms. The first-order valence-electron chi connectivity index (χ1n) is 7.11. The Morgan fingerprint density at radius 3 is 2.57 bits per heavy atom. The van der Waals surface area contributed by atoms with Gasteiger partial charge in [0.05, 0.1) is 0 Å². The third-order valence-electron chi connectivity index (χ3n) is 3.37. The number of carbonyl (C=O) groups is 1. The molecule has 2 N–H and O–H groups in total. The minimum absolute atomic E-state index is 0.185. The van der Waals surface area contributed by atoms with E-state index in [9.17, 15) is 4.79 Å². The van der Waals surface area contributed by atoms with E-state index in [0.29, 0.717) is 17.1 Å². The summed E-state index contributed by atoms with van der Waals surface area (Å²) in [6.45, 7) is 4.97. The quantitative estimate of drug-likeness (QED) is 0.856. The zero-order valence-corrected chi connectivity index (χ0v) is 12.7. The molecular weight excluding hydrogens is 266 g/mol. The molecule has 0 fully saturated rings. The van der Waals surface area contributed by atoms with E-state index in [4.69, 9.17) is 0 Å². The van der Waals surface area contributed by atoms with Gasteiger partial charge in [-0.05, 0) is 37.6 Å². The number of hydrogen-bond acceptors (Lipinski definition) is 4. The summed E-state index contributed by atoms with van der Waals surface area (Å²) < 4.78 is 0. The number of nitrogens with zero attached hydrogens (tertiary/aromatic N) is 3. The number of hydrogen-bond donors (Lipinski definition) is 2. The van der Waals surface area contributed by atoms with Crippen molar-refractivity contribution in [2.24, 2.45) is 0 Å². The Balaban J connectivity index is 2.01. The summed E-state index contributed by atoms with van der Waals surface area (Å²) in [7, 11) is 2.06. The maximum absolute atomic E-state index is 12.1. The average Bonchev–Trinajstić information content (AvgIpc) is 2.90. The molecule has 0 saturated heterocycles. The van der Waals surface area contributed by atoms with Crippen LogP contribution in [0.25, 0.3) is 0 Å². The predicted molar refractivity (Wildman–Crippen MR) is 83.7 cm³/mol. The number of benzene rings is 1. The molecule has 1 aromatic carbocycles. The van der Waals surface area contributed by atoms with Crippen molar-refractivity contribution in [2.45, 2.75) is 26.7 Å². The topological polar surface area (TPSA) is 73.9 Å². The zero-order valence-electron chi connectivity index (χ0n) is 12.7. The Labute approximate surface area is 124 Å². The van der Waals surface area contributed by atoms with Crippen molar-refractivity contribution < 1.29 is 4.79 Å². The fraction of sp³-hybridized carbons (Fsp3) is 0.400. The van der Waals surface area contributed by atoms with Crippen LogP contribution in [0, 0.1) is 6.92 Å². The van der Waals surface area contributed by atoms with Crippen LogP contribution in [0.5, 0.6) is 0 Å². The highest BCUT2D eigenvalue weighted by atomic mass is 16.1. The first kappa shape index (κ1) is 15.0. The van der Waals surface area contributed by atoms with Crippen LogP contribution >= 0.6 is 0 Å². The standard InChI is InChI=1S/C15H21N5O/c1-4-5-10-20(3)13-8-6-12(7-9-13)15(21)16-14-11(2)17-19-18-14/h6-9H,4-5,10H2,1-3H3,(H2,16,17,18,19,21). The Morgan fingerprint density at radius 1 is 1.29 bits per heavy atom. The van der Waals surface area contributed by atoms with Crippen LogP contribution < -0.4 is 10.2 Å². The highest BCUT2D eigenvalue weighted by Crippen LogP contribution is 2.15. The number of aromatic nitrogens is 3. The van der Waals surface area contributed by atoms with E-state index in [2.05, 4.69) is 39.6 Å². The summed E-state index contributed by atoms with van der Waals surface area (Å²) in [6, 6.07) is 7.56. The lowest BCUT2D eigenvalue weighted by atomic mass is 10.1. The first-order chi connectivity index (χ1) is 10.1. The second-order valence-electron chi connectivity index (χ2n) is 5.03. The number of rotatable bonds is 6. The molecule has 0 unspecified atom stereocenters. The maximum atomic E-state index is 12.1. The normalized spacial score (nSPS) is 10.4. The van der Waals surface area contributed by atoms with Gasteiger partial charge >= 0.3 is 0 Å². The van der Waals surface area contributed by atoms with Crippen molar-refractivity contribution in [3.63, 3.8) is 0 Å².